The Kier molecular flexibility index (Phi) is 3.43. The molecule has 4 rings (SSSR count). The largest absolute Gasteiger partial charge is 0.431 e. The third-order valence-electron chi connectivity index (χ3n) is 4.11. The summed E-state index contributed by atoms with van der Waals surface area (Å²) in [5.41, 5.74) is -1.73. The van der Waals surface area contributed by atoms with Gasteiger partial charge in [0.2, 0.25) is 0 Å². The molecule has 4 aromatic rings. The maximum atomic E-state index is 13.5. The Morgan fingerprint density at radius 1 is 0.962 bits per heavy atom. The molecule has 0 saturated carbocycles. The quantitative estimate of drug-likeness (QED) is 0.534. The monoisotopic (exact) mass is 357 g/mol. The molecule has 0 unspecified atom stereocenters. The van der Waals surface area contributed by atoms with E-state index in [4.69, 9.17) is 0 Å². The molecule has 26 heavy (non-hydrogen) atoms. The second-order valence-corrected chi connectivity index (χ2v) is 5.69. The van der Waals surface area contributed by atoms with E-state index in [1.165, 1.54) is 24.3 Å². The number of aldehydes is 1. The van der Waals surface area contributed by atoms with Crippen molar-refractivity contribution in [1.82, 2.24) is 15.0 Å². The molecule has 0 spiro atoms. The Bertz CT molecular complexity index is 1220. The van der Waals surface area contributed by atoms with E-state index < -0.39 is 23.1 Å². The molecule has 5 nitrogen and oxygen atoms in total. The molecule has 0 atom stereocenters. The number of halogens is 3. The Balaban J connectivity index is 2.15. The maximum absolute atomic E-state index is 13.5. The molecule has 2 heterocycles. The Labute approximate surface area is 143 Å². The van der Waals surface area contributed by atoms with Gasteiger partial charge in [0.15, 0.2) is 6.29 Å². The van der Waals surface area contributed by atoms with Crippen LogP contribution >= 0.6 is 0 Å². The van der Waals surface area contributed by atoms with Gasteiger partial charge in [-0.3, -0.25) is 9.59 Å². The minimum absolute atomic E-state index is 0.135. The number of carbonyl (C=O) groups is 1. The first-order valence-electron chi connectivity index (χ1n) is 7.56. The average molecular weight is 357 g/mol. The molecule has 2 aromatic heterocycles. The third-order valence-corrected chi connectivity index (χ3v) is 4.11. The Morgan fingerprint density at radius 3 is 2.42 bits per heavy atom. The van der Waals surface area contributed by atoms with Crippen LogP contribution in [0.5, 0.6) is 0 Å². The van der Waals surface area contributed by atoms with Gasteiger partial charge < -0.3 is 9.97 Å². The van der Waals surface area contributed by atoms with Gasteiger partial charge in [-0.2, -0.15) is 13.2 Å². The first-order valence-corrected chi connectivity index (χ1v) is 7.56. The fourth-order valence-electron chi connectivity index (χ4n) is 3.00. The lowest BCUT2D eigenvalue weighted by molar-refractivity contribution is -0.140. The van der Waals surface area contributed by atoms with Crippen molar-refractivity contribution in [1.29, 1.82) is 0 Å². The number of carbonyl (C=O) groups excluding carboxylic acids is 1. The minimum Gasteiger partial charge on any atom is -0.350 e. The van der Waals surface area contributed by atoms with Crippen LogP contribution in [0.4, 0.5) is 13.2 Å². The number of nitrogens with one attached hydrogen (secondary N) is 2. The predicted octanol–water partition coefficient (Wildman–Crippen LogP) is 3.90. The van der Waals surface area contributed by atoms with Gasteiger partial charge in [-0.1, -0.05) is 24.3 Å². The first kappa shape index (κ1) is 16.1. The second-order valence-electron chi connectivity index (χ2n) is 5.69. The van der Waals surface area contributed by atoms with Gasteiger partial charge in [0.1, 0.15) is 11.4 Å². The van der Waals surface area contributed by atoms with Crippen LogP contribution in [-0.4, -0.2) is 21.2 Å². The van der Waals surface area contributed by atoms with E-state index in [0.717, 1.165) is 0 Å². The van der Waals surface area contributed by atoms with Crippen LogP contribution < -0.4 is 5.56 Å². The van der Waals surface area contributed by atoms with Gasteiger partial charge in [-0.05, 0) is 18.2 Å². The highest BCUT2D eigenvalue weighted by atomic mass is 19.4. The van der Waals surface area contributed by atoms with Crippen LogP contribution in [0, 0.1) is 0 Å². The number of nitrogens with zero attached hydrogens (tertiary/aromatic N) is 1. The van der Waals surface area contributed by atoms with Gasteiger partial charge in [0, 0.05) is 22.0 Å². The van der Waals surface area contributed by atoms with E-state index in [2.05, 4.69) is 15.0 Å². The Morgan fingerprint density at radius 2 is 1.69 bits per heavy atom. The number of aromatic nitrogens is 3. The molecule has 2 N–H and O–H groups in total. The van der Waals surface area contributed by atoms with Crippen molar-refractivity contribution < 1.29 is 18.0 Å². The molecular weight excluding hydrogens is 347 g/mol. The summed E-state index contributed by atoms with van der Waals surface area (Å²) in [7, 11) is 0. The van der Waals surface area contributed by atoms with Crippen LogP contribution in [0.15, 0.2) is 47.3 Å². The summed E-state index contributed by atoms with van der Waals surface area (Å²) >= 11 is 0. The topological polar surface area (TPSA) is 78.6 Å². The molecule has 0 bridgehead atoms. The molecular formula is C18H10F3N3O2. The van der Waals surface area contributed by atoms with Crippen LogP contribution in [0.25, 0.3) is 33.2 Å². The van der Waals surface area contributed by atoms with Crippen LogP contribution in [-0.2, 0) is 6.18 Å². The summed E-state index contributed by atoms with van der Waals surface area (Å²) < 4.78 is 40.6. The normalized spacial score (nSPS) is 12.0. The molecule has 2 aromatic carbocycles. The van der Waals surface area contributed by atoms with Crippen molar-refractivity contribution in [2.75, 3.05) is 0 Å². The van der Waals surface area contributed by atoms with Crippen LogP contribution in [0.1, 0.15) is 16.1 Å². The summed E-state index contributed by atoms with van der Waals surface area (Å²) in [6.07, 6.45) is -4.17. The average Bonchev–Trinajstić information content (AvgIpc) is 3.00. The summed E-state index contributed by atoms with van der Waals surface area (Å²) in [6, 6.07) is 10.7. The number of hydrogen-bond acceptors (Lipinski definition) is 3. The number of benzene rings is 2. The molecule has 0 aliphatic rings. The van der Waals surface area contributed by atoms with E-state index in [-0.39, 0.29) is 33.1 Å². The predicted molar refractivity (Wildman–Crippen MR) is 90.0 cm³/mol. The Hall–Kier alpha value is -3.42. The maximum Gasteiger partial charge on any atom is 0.431 e. The van der Waals surface area contributed by atoms with E-state index in [1.807, 2.05) is 0 Å². The zero-order valence-electron chi connectivity index (χ0n) is 13.0. The third kappa shape index (κ3) is 2.38. The van der Waals surface area contributed by atoms with Crippen molar-refractivity contribution in [2.24, 2.45) is 0 Å². The smallest absolute Gasteiger partial charge is 0.350 e. The van der Waals surface area contributed by atoms with Crippen molar-refractivity contribution in [2.45, 2.75) is 6.18 Å². The lowest BCUT2D eigenvalue weighted by Gasteiger charge is -2.09. The van der Waals surface area contributed by atoms with Crippen molar-refractivity contribution in [3.8, 4) is 11.3 Å². The zero-order chi connectivity index (χ0) is 18.5. The van der Waals surface area contributed by atoms with E-state index in [0.29, 0.717) is 6.29 Å². The highest BCUT2D eigenvalue weighted by molar-refractivity contribution is 5.99. The highest BCUT2D eigenvalue weighted by Gasteiger charge is 2.38. The molecule has 0 amide bonds. The molecule has 0 aliphatic heterocycles. The number of aromatic amines is 2. The number of rotatable bonds is 2. The van der Waals surface area contributed by atoms with Gasteiger partial charge in [0.25, 0.3) is 5.56 Å². The van der Waals surface area contributed by atoms with Crippen molar-refractivity contribution in [3.63, 3.8) is 0 Å². The van der Waals surface area contributed by atoms with Crippen molar-refractivity contribution >= 4 is 28.2 Å². The summed E-state index contributed by atoms with van der Waals surface area (Å²) in [4.78, 5) is 32.6. The summed E-state index contributed by atoms with van der Waals surface area (Å²) in [5.74, 6) is 0. The standard InChI is InChI=1S/C18H10F3N3O2/c19-18(20,21)16-13(10-5-1-2-6-11(10)22-16)15-17(26)23-12-7-3-4-9(8-25)14(12)24-15/h1-8,22H,(H,23,26). The number of fused-ring (bicyclic) bond motifs is 2. The number of hydrogen-bond donors (Lipinski definition) is 2. The van der Waals surface area contributed by atoms with Gasteiger partial charge in [0.05, 0.1) is 11.0 Å². The minimum atomic E-state index is -4.71. The van der Waals surface area contributed by atoms with E-state index in [9.17, 15) is 22.8 Å². The van der Waals surface area contributed by atoms with Gasteiger partial charge in [-0.25, -0.2) is 4.98 Å². The first-order chi connectivity index (χ1) is 12.4. The molecule has 8 heteroatoms. The summed E-state index contributed by atoms with van der Waals surface area (Å²) in [6.45, 7) is 0. The van der Waals surface area contributed by atoms with E-state index >= 15 is 0 Å². The fourth-order valence-corrected chi connectivity index (χ4v) is 3.00. The van der Waals surface area contributed by atoms with Crippen LogP contribution in [0.3, 0.4) is 0 Å². The van der Waals surface area contributed by atoms with Gasteiger partial charge >= 0.3 is 6.18 Å². The summed E-state index contributed by atoms with van der Waals surface area (Å²) in [5, 5.41) is 0.223. The molecule has 0 radical (unpaired) electrons. The van der Waals surface area contributed by atoms with Crippen LogP contribution in [0.2, 0.25) is 0 Å². The second kappa shape index (κ2) is 5.55. The molecule has 0 saturated heterocycles. The number of para-hydroxylation sites is 2. The zero-order valence-corrected chi connectivity index (χ0v) is 13.0. The van der Waals surface area contributed by atoms with Gasteiger partial charge in [-0.15, -0.1) is 0 Å². The highest BCUT2D eigenvalue weighted by Crippen LogP contribution is 2.39. The molecule has 0 fully saturated rings. The SMILES string of the molecule is O=Cc1cccc2[nH]c(=O)c(-c3c(C(F)(F)F)[nH]c4ccccc34)nc12. The fraction of sp³-hybridized carbons (Fsp3) is 0.0556. The van der Waals surface area contributed by atoms with Crippen molar-refractivity contribution in [3.05, 3.63) is 64.1 Å². The number of alkyl halides is 3. The molecule has 0 aliphatic carbocycles. The molecule has 130 valence electrons. The van der Waals surface area contributed by atoms with E-state index in [1.54, 1.807) is 18.2 Å². The lowest BCUT2D eigenvalue weighted by Crippen LogP contribution is -2.15. The number of H-pyrrole nitrogens is 2. The lowest BCUT2D eigenvalue weighted by atomic mass is 10.1.